The number of furan rings is 1. The smallest absolute Gasteiger partial charge is 0.414 e. The van der Waals surface area contributed by atoms with E-state index in [2.05, 4.69) is 10.3 Å². The van der Waals surface area contributed by atoms with Gasteiger partial charge in [0.05, 0.1) is 13.4 Å². The number of hydrogen-bond acceptors (Lipinski definition) is 8. The highest BCUT2D eigenvalue weighted by atomic mass is 16.6. The molecular formula is C20H18N2O7. The molecular weight excluding hydrogens is 380 g/mol. The van der Waals surface area contributed by atoms with Crippen LogP contribution in [0.15, 0.2) is 45.4 Å². The van der Waals surface area contributed by atoms with Crippen LogP contribution in [0.5, 0.6) is 11.5 Å². The van der Waals surface area contributed by atoms with E-state index in [1.807, 2.05) is 0 Å². The van der Waals surface area contributed by atoms with Crippen LogP contribution < -0.4 is 14.8 Å². The van der Waals surface area contributed by atoms with Gasteiger partial charge in [-0.05, 0) is 36.8 Å². The number of hydrogen-bond donors (Lipinski definition) is 1. The minimum absolute atomic E-state index is 0.175. The van der Waals surface area contributed by atoms with Gasteiger partial charge < -0.3 is 23.0 Å². The van der Waals surface area contributed by atoms with Crippen LogP contribution in [0.1, 0.15) is 17.0 Å². The van der Waals surface area contributed by atoms with Crippen molar-refractivity contribution in [2.45, 2.75) is 26.1 Å². The number of carbonyl (C=O) groups excluding carboxylic acids is 2. The van der Waals surface area contributed by atoms with E-state index in [1.54, 1.807) is 43.5 Å². The molecule has 0 spiro atoms. The average Bonchev–Trinajstić information content (AvgIpc) is 3.42. The Morgan fingerprint density at radius 3 is 2.76 bits per heavy atom. The maximum Gasteiger partial charge on any atom is 0.414 e. The number of ether oxygens (including phenoxy) is 3. The first kappa shape index (κ1) is 18.6. The number of cyclic esters (lactones) is 1. The number of aromatic nitrogens is 1. The number of nitrogens with zero attached hydrogens (tertiary/aromatic N) is 1. The Balaban J connectivity index is 1.45. The maximum absolute atomic E-state index is 11.7. The van der Waals surface area contributed by atoms with E-state index in [1.165, 1.54) is 7.11 Å². The number of methoxy groups -OCH3 is 1. The molecule has 4 rings (SSSR count). The Kier molecular flexibility index (Phi) is 4.94. The molecule has 1 N–H and O–H groups in total. The van der Waals surface area contributed by atoms with Crippen molar-refractivity contribution in [1.29, 1.82) is 0 Å². The van der Waals surface area contributed by atoms with Crippen molar-refractivity contribution in [3.63, 3.8) is 0 Å². The van der Waals surface area contributed by atoms with Crippen LogP contribution in [0.25, 0.3) is 11.7 Å². The highest BCUT2D eigenvalue weighted by Gasteiger charge is 2.32. The molecule has 150 valence electrons. The third-order valence-electron chi connectivity index (χ3n) is 4.41. The van der Waals surface area contributed by atoms with Gasteiger partial charge in [-0.15, -0.1) is 0 Å². The molecule has 0 radical (unpaired) electrons. The third-order valence-corrected chi connectivity index (χ3v) is 4.41. The number of nitrogens with one attached hydrogen (secondary N) is 1. The molecule has 2 amide bonds. The van der Waals surface area contributed by atoms with Gasteiger partial charge in [0.15, 0.2) is 23.4 Å². The first-order valence-electron chi connectivity index (χ1n) is 8.85. The van der Waals surface area contributed by atoms with Gasteiger partial charge in [-0.25, -0.2) is 9.78 Å². The molecule has 3 heterocycles. The topological polar surface area (TPSA) is 113 Å². The number of alkyl carbamates (subject to hydrolysis) is 1. The van der Waals surface area contributed by atoms with E-state index in [-0.39, 0.29) is 13.0 Å². The number of aryl methyl sites for hydroxylation is 1. The zero-order valence-electron chi connectivity index (χ0n) is 15.8. The fourth-order valence-electron chi connectivity index (χ4n) is 2.91. The first-order valence-corrected chi connectivity index (χ1v) is 8.85. The van der Waals surface area contributed by atoms with E-state index >= 15 is 0 Å². The van der Waals surface area contributed by atoms with Crippen LogP contribution in [0.2, 0.25) is 0 Å². The molecule has 2 aromatic heterocycles. The van der Waals surface area contributed by atoms with E-state index in [4.69, 9.17) is 23.0 Å². The van der Waals surface area contributed by atoms with E-state index < -0.39 is 18.1 Å². The van der Waals surface area contributed by atoms with Gasteiger partial charge in [-0.3, -0.25) is 10.1 Å². The molecule has 1 atom stereocenters. The third kappa shape index (κ3) is 3.93. The molecule has 9 nitrogen and oxygen atoms in total. The van der Waals surface area contributed by atoms with Crippen LogP contribution in [0.3, 0.4) is 0 Å². The Bertz CT molecular complexity index is 1040. The number of carbonyl (C=O) groups is 2. The summed E-state index contributed by atoms with van der Waals surface area (Å²) < 4.78 is 27.1. The Morgan fingerprint density at radius 2 is 2.07 bits per heavy atom. The van der Waals surface area contributed by atoms with Crippen molar-refractivity contribution >= 4 is 12.0 Å². The van der Waals surface area contributed by atoms with E-state index in [9.17, 15) is 9.59 Å². The number of amides is 2. The fraction of sp³-hybridized carbons (Fsp3) is 0.250. The molecule has 0 bridgehead atoms. The maximum atomic E-state index is 11.7. The SMILES string of the molecule is COc1cc(CC2OC(=O)NC2=O)ccc1OCc1nc(-c2ccco2)oc1C. The fourth-order valence-corrected chi connectivity index (χ4v) is 2.91. The van der Waals surface area contributed by atoms with Crippen molar-refractivity contribution in [3.8, 4) is 23.1 Å². The molecule has 0 saturated carbocycles. The molecule has 1 saturated heterocycles. The summed E-state index contributed by atoms with van der Waals surface area (Å²) in [5, 5.41) is 2.10. The predicted octanol–water partition coefficient (Wildman–Crippen LogP) is 3.01. The van der Waals surface area contributed by atoms with Gasteiger partial charge in [0, 0.05) is 6.42 Å². The van der Waals surface area contributed by atoms with Crippen LogP contribution in [0, 0.1) is 6.92 Å². The van der Waals surface area contributed by atoms with Gasteiger partial charge in [0.2, 0.25) is 0 Å². The Labute approximate surface area is 165 Å². The van der Waals surface area contributed by atoms with Gasteiger partial charge in [0.1, 0.15) is 18.1 Å². The van der Waals surface area contributed by atoms with Crippen molar-refractivity contribution in [3.05, 3.63) is 53.6 Å². The van der Waals surface area contributed by atoms with Gasteiger partial charge in [0.25, 0.3) is 11.8 Å². The van der Waals surface area contributed by atoms with Crippen LogP contribution in [-0.2, 0) is 22.6 Å². The Hall–Kier alpha value is -3.75. The molecule has 29 heavy (non-hydrogen) atoms. The van der Waals surface area contributed by atoms with Crippen LogP contribution in [0.4, 0.5) is 4.79 Å². The lowest BCUT2D eigenvalue weighted by atomic mass is 10.1. The summed E-state index contributed by atoms with van der Waals surface area (Å²) in [7, 11) is 1.52. The minimum Gasteiger partial charge on any atom is -0.493 e. The summed E-state index contributed by atoms with van der Waals surface area (Å²) in [4.78, 5) is 27.2. The number of oxazole rings is 1. The second-order valence-corrected chi connectivity index (χ2v) is 6.36. The number of imide groups is 1. The minimum atomic E-state index is -0.850. The molecule has 1 aliphatic rings. The van der Waals surface area contributed by atoms with Crippen molar-refractivity contribution < 1.29 is 32.6 Å². The van der Waals surface area contributed by atoms with Gasteiger partial charge in [-0.1, -0.05) is 6.07 Å². The molecule has 1 aliphatic heterocycles. The summed E-state index contributed by atoms with van der Waals surface area (Å²) in [6.45, 7) is 1.97. The van der Waals surface area contributed by atoms with Crippen molar-refractivity contribution in [2.24, 2.45) is 0 Å². The van der Waals surface area contributed by atoms with Crippen molar-refractivity contribution in [1.82, 2.24) is 10.3 Å². The molecule has 9 heteroatoms. The number of benzene rings is 1. The molecule has 1 aromatic carbocycles. The summed E-state index contributed by atoms with van der Waals surface area (Å²) in [5.74, 6) is 2.09. The summed E-state index contributed by atoms with van der Waals surface area (Å²) >= 11 is 0. The molecule has 0 aliphatic carbocycles. The molecule has 3 aromatic rings. The quantitative estimate of drug-likeness (QED) is 0.646. The summed E-state index contributed by atoms with van der Waals surface area (Å²) in [6, 6.07) is 8.76. The standard InChI is InChI=1S/C20H18N2O7/c1-11-13(21-19(28-11)15-4-3-7-26-15)10-27-14-6-5-12(8-16(14)25-2)9-17-18(23)22-20(24)29-17/h3-8,17H,9-10H2,1-2H3,(H,22,23,24). The van der Waals surface area contributed by atoms with Crippen molar-refractivity contribution in [2.75, 3.05) is 7.11 Å². The van der Waals surface area contributed by atoms with Crippen LogP contribution in [-0.4, -0.2) is 30.2 Å². The summed E-state index contributed by atoms with van der Waals surface area (Å²) in [5.41, 5.74) is 1.40. The van der Waals surface area contributed by atoms with Gasteiger partial charge >= 0.3 is 6.09 Å². The molecule has 1 unspecified atom stereocenters. The van der Waals surface area contributed by atoms with Gasteiger partial charge in [-0.2, -0.15) is 0 Å². The zero-order valence-corrected chi connectivity index (χ0v) is 15.8. The lowest BCUT2D eigenvalue weighted by Gasteiger charge is -2.12. The second-order valence-electron chi connectivity index (χ2n) is 6.36. The predicted molar refractivity (Wildman–Crippen MR) is 98.4 cm³/mol. The highest BCUT2D eigenvalue weighted by Crippen LogP contribution is 2.30. The van der Waals surface area contributed by atoms with E-state index in [0.29, 0.717) is 34.6 Å². The van der Waals surface area contributed by atoms with Crippen LogP contribution >= 0.6 is 0 Å². The second kappa shape index (κ2) is 7.70. The molecule has 1 fully saturated rings. The largest absolute Gasteiger partial charge is 0.493 e. The first-order chi connectivity index (χ1) is 14.0. The lowest BCUT2D eigenvalue weighted by Crippen LogP contribution is -2.25. The summed E-state index contributed by atoms with van der Waals surface area (Å²) in [6.07, 6.45) is 0.206. The lowest BCUT2D eigenvalue weighted by molar-refractivity contribution is -0.123. The monoisotopic (exact) mass is 398 g/mol. The van der Waals surface area contributed by atoms with E-state index in [0.717, 1.165) is 5.56 Å². The highest BCUT2D eigenvalue weighted by molar-refractivity contribution is 6.00. The zero-order chi connectivity index (χ0) is 20.4. The number of rotatable bonds is 7. The Morgan fingerprint density at radius 1 is 1.21 bits per heavy atom. The normalized spacial score (nSPS) is 15.9. The average molecular weight is 398 g/mol.